The third-order valence-corrected chi connectivity index (χ3v) is 4.81. The standard InChI is InChI=1S/C14H14N2O6S/c1-8-13(23(18,19)15-2)6-12(22-8)14(17)16-9-3-4-10-11(5-9)21-7-20-10/h3-6,15H,7H2,1-2H3,(H,16,17). The highest BCUT2D eigenvalue weighted by Crippen LogP contribution is 2.34. The first-order valence-electron chi connectivity index (χ1n) is 6.65. The fourth-order valence-corrected chi connectivity index (χ4v) is 3.02. The van der Waals surface area contributed by atoms with Gasteiger partial charge in [-0.3, -0.25) is 4.79 Å². The van der Waals surface area contributed by atoms with Crippen LogP contribution in [0.15, 0.2) is 33.6 Å². The Morgan fingerprint density at radius 3 is 2.65 bits per heavy atom. The summed E-state index contributed by atoms with van der Waals surface area (Å²) in [6.07, 6.45) is 0. The van der Waals surface area contributed by atoms with Crippen LogP contribution in [0.25, 0.3) is 0 Å². The first-order valence-corrected chi connectivity index (χ1v) is 8.14. The van der Waals surface area contributed by atoms with Crippen LogP contribution in [0.4, 0.5) is 5.69 Å². The fourth-order valence-electron chi connectivity index (χ4n) is 2.12. The number of carbonyl (C=O) groups excluding carboxylic acids is 1. The number of ether oxygens (including phenoxy) is 2. The van der Waals surface area contributed by atoms with E-state index in [1.165, 1.54) is 20.0 Å². The second kappa shape index (κ2) is 5.60. The Morgan fingerprint density at radius 1 is 1.17 bits per heavy atom. The number of aryl methyl sites for hydroxylation is 1. The molecule has 3 rings (SSSR count). The summed E-state index contributed by atoms with van der Waals surface area (Å²) in [4.78, 5) is 12.1. The predicted molar refractivity (Wildman–Crippen MR) is 80.2 cm³/mol. The lowest BCUT2D eigenvalue weighted by molar-refractivity contribution is 0.0995. The van der Waals surface area contributed by atoms with Crippen molar-refractivity contribution in [2.45, 2.75) is 11.8 Å². The number of hydrogen-bond donors (Lipinski definition) is 2. The summed E-state index contributed by atoms with van der Waals surface area (Å²) < 4.78 is 41.5. The van der Waals surface area contributed by atoms with Crippen LogP contribution in [-0.4, -0.2) is 28.2 Å². The molecule has 2 aromatic rings. The summed E-state index contributed by atoms with van der Waals surface area (Å²) >= 11 is 0. The van der Waals surface area contributed by atoms with Crippen molar-refractivity contribution in [2.75, 3.05) is 19.2 Å². The lowest BCUT2D eigenvalue weighted by Gasteiger charge is -2.04. The Labute approximate surface area is 132 Å². The largest absolute Gasteiger partial charge is 0.455 e. The van der Waals surface area contributed by atoms with E-state index < -0.39 is 15.9 Å². The minimum Gasteiger partial charge on any atom is -0.455 e. The molecular formula is C14H14N2O6S. The van der Waals surface area contributed by atoms with Crippen molar-refractivity contribution in [3.8, 4) is 11.5 Å². The van der Waals surface area contributed by atoms with E-state index in [0.29, 0.717) is 17.2 Å². The van der Waals surface area contributed by atoms with E-state index in [4.69, 9.17) is 13.9 Å². The van der Waals surface area contributed by atoms with Crippen molar-refractivity contribution in [3.05, 3.63) is 35.8 Å². The zero-order valence-corrected chi connectivity index (χ0v) is 13.2. The molecule has 0 bridgehead atoms. The Kier molecular flexibility index (Phi) is 3.74. The van der Waals surface area contributed by atoms with E-state index in [1.807, 2.05) is 0 Å². The van der Waals surface area contributed by atoms with E-state index in [2.05, 4.69) is 10.0 Å². The van der Waals surface area contributed by atoms with Gasteiger partial charge in [-0.2, -0.15) is 0 Å². The van der Waals surface area contributed by atoms with Gasteiger partial charge in [-0.15, -0.1) is 0 Å². The number of benzene rings is 1. The quantitative estimate of drug-likeness (QED) is 0.874. The molecule has 2 N–H and O–H groups in total. The maximum absolute atomic E-state index is 12.2. The van der Waals surface area contributed by atoms with Gasteiger partial charge in [0.1, 0.15) is 10.7 Å². The summed E-state index contributed by atoms with van der Waals surface area (Å²) in [5.41, 5.74) is 0.478. The molecule has 1 aromatic carbocycles. The molecule has 8 nitrogen and oxygen atoms in total. The molecule has 0 spiro atoms. The molecule has 0 saturated heterocycles. The van der Waals surface area contributed by atoms with Gasteiger partial charge >= 0.3 is 0 Å². The Morgan fingerprint density at radius 2 is 1.91 bits per heavy atom. The summed E-state index contributed by atoms with van der Waals surface area (Å²) in [5.74, 6) is 0.588. The molecule has 1 aromatic heterocycles. The molecule has 2 heterocycles. The maximum atomic E-state index is 12.2. The molecule has 1 amide bonds. The molecule has 1 aliphatic rings. The van der Waals surface area contributed by atoms with Crippen LogP contribution in [0.5, 0.6) is 11.5 Å². The highest BCUT2D eigenvalue weighted by atomic mass is 32.2. The van der Waals surface area contributed by atoms with E-state index in [0.717, 1.165) is 0 Å². The van der Waals surface area contributed by atoms with Crippen molar-refractivity contribution < 1.29 is 27.1 Å². The topological polar surface area (TPSA) is 107 Å². The van der Waals surface area contributed by atoms with Crippen molar-refractivity contribution in [1.29, 1.82) is 0 Å². The summed E-state index contributed by atoms with van der Waals surface area (Å²) in [6.45, 7) is 1.61. The Bertz CT molecular complexity index is 871. The Hall–Kier alpha value is -2.52. The normalized spacial score (nSPS) is 13.1. The van der Waals surface area contributed by atoms with E-state index >= 15 is 0 Å². The van der Waals surface area contributed by atoms with E-state index in [9.17, 15) is 13.2 Å². The minimum absolute atomic E-state index is 0.0733. The van der Waals surface area contributed by atoms with Crippen molar-refractivity contribution in [3.63, 3.8) is 0 Å². The van der Waals surface area contributed by atoms with Crippen molar-refractivity contribution in [1.82, 2.24) is 4.72 Å². The molecule has 0 radical (unpaired) electrons. The second-order valence-electron chi connectivity index (χ2n) is 4.76. The monoisotopic (exact) mass is 338 g/mol. The van der Waals surface area contributed by atoms with Crippen LogP contribution in [0, 0.1) is 6.92 Å². The molecule has 0 atom stereocenters. The number of nitrogens with one attached hydrogen (secondary N) is 2. The van der Waals surface area contributed by atoms with Gasteiger partial charge in [0.05, 0.1) is 0 Å². The van der Waals surface area contributed by atoms with Gasteiger partial charge < -0.3 is 19.2 Å². The molecule has 122 valence electrons. The molecule has 0 unspecified atom stereocenters. The van der Waals surface area contributed by atoms with Crippen LogP contribution in [0.3, 0.4) is 0 Å². The summed E-state index contributed by atoms with van der Waals surface area (Å²) in [5, 5.41) is 2.61. The summed E-state index contributed by atoms with van der Waals surface area (Å²) in [7, 11) is -2.40. The van der Waals surface area contributed by atoms with Crippen LogP contribution < -0.4 is 19.5 Å². The van der Waals surface area contributed by atoms with Gasteiger partial charge in [-0.05, 0) is 26.1 Å². The molecule has 1 aliphatic heterocycles. The number of hydrogen-bond acceptors (Lipinski definition) is 6. The van der Waals surface area contributed by atoms with Crippen LogP contribution >= 0.6 is 0 Å². The zero-order valence-electron chi connectivity index (χ0n) is 12.4. The molecule has 9 heteroatoms. The maximum Gasteiger partial charge on any atom is 0.291 e. The van der Waals surface area contributed by atoms with Crippen molar-refractivity contribution in [2.24, 2.45) is 0 Å². The van der Waals surface area contributed by atoms with E-state index in [1.54, 1.807) is 18.2 Å². The number of sulfonamides is 1. The smallest absolute Gasteiger partial charge is 0.291 e. The Balaban J connectivity index is 1.83. The number of anilines is 1. The van der Waals surface area contributed by atoms with Gasteiger partial charge in [-0.25, -0.2) is 13.1 Å². The van der Waals surface area contributed by atoms with Gasteiger partial charge in [0.25, 0.3) is 5.91 Å². The van der Waals surface area contributed by atoms with E-state index in [-0.39, 0.29) is 23.2 Å². The molecule has 0 fully saturated rings. The number of carbonyl (C=O) groups is 1. The lowest BCUT2D eigenvalue weighted by atomic mass is 10.2. The molecule has 0 saturated carbocycles. The average molecular weight is 338 g/mol. The van der Waals surface area contributed by atoms with Gasteiger partial charge in [-0.1, -0.05) is 0 Å². The average Bonchev–Trinajstić information content (AvgIpc) is 3.13. The minimum atomic E-state index is -3.68. The van der Waals surface area contributed by atoms with Crippen LogP contribution in [-0.2, 0) is 10.0 Å². The first kappa shape index (κ1) is 15.4. The molecular weight excluding hydrogens is 324 g/mol. The molecule has 23 heavy (non-hydrogen) atoms. The lowest BCUT2D eigenvalue weighted by Crippen LogP contribution is -2.18. The van der Waals surface area contributed by atoms with Gasteiger partial charge in [0.15, 0.2) is 17.3 Å². The van der Waals surface area contributed by atoms with Crippen LogP contribution in [0.2, 0.25) is 0 Å². The highest BCUT2D eigenvalue weighted by Gasteiger charge is 2.23. The van der Waals surface area contributed by atoms with Gasteiger partial charge in [0, 0.05) is 17.8 Å². The highest BCUT2D eigenvalue weighted by molar-refractivity contribution is 7.89. The second-order valence-corrected chi connectivity index (χ2v) is 6.62. The fraction of sp³-hybridized carbons (Fsp3) is 0.214. The zero-order chi connectivity index (χ0) is 16.6. The van der Waals surface area contributed by atoms with Gasteiger partial charge in [0.2, 0.25) is 16.8 Å². The molecule has 0 aliphatic carbocycles. The number of fused-ring (bicyclic) bond motifs is 1. The third-order valence-electron chi connectivity index (χ3n) is 3.28. The third kappa shape index (κ3) is 2.88. The number of furan rings is 1. The van der Waals surface area contributed by atoms with Crippen molar-refractivity contribution >= 4 is 21.6 Å². The van der Waals surface area contributed by atoms with Crippen LogP contribution in [0.1, 0.15) is 16.3 Å². The summed E-state index contributed by atoms with van der Waals surface area (Å²) in [6, 6.07) is 6.11. The SMILES string of the molecule is CNS(=O)(=O)c1cc(C(=O)Nc2ccc3c(c2)OCO3)oc1C. The number of rotatable bonds is 4. The first-order chi connectivity index (χ1) is 10.9. The predicted octanol–water partition coefficient (Wildman–Crippen LogP) is 1.48. The number of amides is 1.